The summed E-state index contributed by atoms with van der Waals surface area (Å²) in [5, 5.41) is 17.5. The van der Waals surface area contributed by atoms with E-state index >= 15 is 0 Å². The molecule has 1 aliphatic heterocycles. The van der Waals surface area contributed by atoms with Crippen LogP contribution >= 0.6 is 0 Å². The van der Waals surface area contributed by atoms with Gasteiger partial charge in [-0.3, -0.25) is 4.79 Å². The van der Waals surface area contributed by atoms with Crippen molar-refractivity contribution in [3.05, 3.63) is 0 Å². The Labute approximate surface area is 93.7 Å². The fourth-order valence-corrected chi connectivity index (χ4v) is 1.76. The lowest BCUT2D eigenvalue weighted by molar-refractivity contribution is -0.148. The third kappa shape index (κ3) is 2.52. The number of nitriles is 1. The topological polar surface area (TPSA) is 81.4 Å². The first kappa shape index (κ1) is 12.1. The highest BCUT2D eigenvalue weighted by molar-refractivity contribution is 5.84. The molecular weight excluding hydrogens is 208 g/mol. The quantitative estimate of drug-likeness (QED) is 0.690. The molecule has 1 aliphatic rings. The summed E-state index contributed by atoms with van der Waals surface area (Å²) < 4.78 is 0. The summed E-state index contributed by atoms with van der Waals surface area (Å²) in [6, 6.07) is 1.06. The van der Waals surface area contributed by atoms with Crippen LogP contribution in [0.5, 0.6) is 0 Å². The summed E-state index contributed by atoms with van der Waals surface area (Å²) in [6.07, 6.45) is 6.11. The summed E-state index contributed by atoms with van der Waals surface area (Å²) in [5.74, 6) is 0.0664. The number of carbonyl (C=O) groups is 2. The number of carbonyl (C=O) groups excluding carboxylic acids is 1. The summed E-state index contributed by atoms with van der Waals surface area (Å²) in [4.78, 5) is 23.8. The van der Waals surface area contributed by atoms with E-state index < -0.39 is 17.9 Å². The van der Waals surface area contributed by atoms with Crippen LogP contribution in [-0.4, -0.2) is 34.5 Å². The SMILES string of the molecule is C#CC(C#N)CC(=O)N1CCC[C@H]1C(=O)O. The lowest BCUT2D eigenvalue weighted by atomic mass is 10.1. The number of hydrogen-bond acceptors (Lipinski definition) is 3. The Morgan fingerprint density at radius 3 is 2.81 bits per heavy atom. The van der Waals surface area contributed by atoms with Crippen LogP contribution in [0, 0.1) is 29.6 Å². The zero-order valence-corrected chi connectivity index (χ0v) is 8.72. The van der Waals surface area contributed by atoms with Crippen molar-refractivity contribution in [3.8, 4) is 18.4 Å². The average molecular weight is 220 g/mol. The molecule has 5 heteroatoms. The Kier molecular flexibility index (Phi) is 3.90. The Hall–Kier alpha value is -2.01. The molecule has 1 heterocycles. The van der Waals surface area contributed by atoms with Crippen LogP contribution in [0.2, 0.25) is 0 Å². The number of rotatable bonds is 3. The minimum Gasteiger partial charge on any atom is -0.480 e. The standard InChI is InChI=1S/C11H12N2O3/c1-2-8(7-12)6-10(14)13-5-3-4-9(13)11(15)16/h1,8-9H,3-6H2,(H,15,16)/t8?,9-/m0/s1. The summed E-state index contributed by atoms with van der Waals surface area (Å²) in [7, 11) is 0. The third-order valence-corrected chi connectivity index (χ3v) is 2.59. The minimum absolute atomic E-state index is 0.100. The molecule has 2 atom stereocenters. The van der Waals surface area contributed by atoms with Crippen molar-refractivity contribution in [1.29, 1.82) is 5.26 Å². The van der Waals surface area contributed by atoms with Crippen molar-refractivity contribution in [2.45, 2.75) is 25.3 Å². The maximum absolute atomic E-state index is 11.7. The molecule has 5 nitrogen and oxygen atoms in total. The second-order valence-corrected chi connectivity index (χ2v) is 3.64. The molecule has 1 amide bonds. The Bertz CT molecular complexity index is 364. The number of aliphatic carboxylic acids is 1. The van der Waals surface area contributed by atoms with Gasteiger partial charge in [0.2, 0.25) is 5.91 Å². The van der Waals surface area contributed by atoms with E-state index in [1.807, 2.05) is 6.07 Å². The molecule has 0 aromatic carbocycles. The molecule has 0 aromatic heterocycles. The number of carboxylic acids is 1. The normalized spacial score (nSPS) is 20.9. The first-order valence-corrected chi connectivity index (χ1v) is 4.98. The Morgan fingerprint density at radius 2 is 2.31 bits per heavy atom. The van der Waals surface area contributed by atoms with E-state index in [4.69, 9.17) is 16.8 Å². The van der Waals surface area contributed by atoms with Gasteiger partial charge in [-0.1, -0.05) is 5.92 Å². The molecule has 1 N–H and O–H groups in total. The molecule has 0 spiro atoms. The van der Waals surface area contributed by atoms with Crippen molar-refractivity contribution in [2.24, 2.45) is 5.92 Å². The largest absolute Gasteiger partial charge is 0.480 e. The number of carboxylic acid groups (broad SMARTS) is 1. The van der Waals surface area contributed by atoms with Crippen LogP contribution < -0.4 is 0 Å². The molecule has 0 aromatic rings. The van der Waals surface area contributed by atoms with Gasteiger partial charge in [-0.2, -0.15) is 5.26 Å². The highest BCUT2D eigenvalue weighted by atomic mass is 16.4. The van der Waals surface area contributed by atoms with Gasteiger partial charge in [0.05, 0.1) is 12.5 Å². The number of hydrogen-bond donors (Lipinski definition) is 1. The molecule has 0 aliphatic carbocycles. The van der Waals surface area contributed by atoms with E-state index in [9.17, 15) is 9.59 Å². The van der Waals surface area contributed by atoms with Gasteiger partial charge in [0.25, 0.3) is 0 Å². The molecule has 0 radical (unpaired) electrons. The number of amides is 1. The molecule has 1 unspecified atom stereocenters. The van der Waals surface area contributed by atoms with Gasteiger partial charge in [-0.25, -0.2) is 4.79 Å². The molecule has 0 bridgehead atoms. The van der Waals surface area contributed by atoms with Gasteiger partial charge in [-0.15, -0.1) is 6.42 Å². The Morgan fingerprint density at radius 1 is 1.62 bits per heavy atom. The predicted molar refractivity (Wildman–Crippen MR) is 54.9 cm³/mol. The molecule has 84 valence electrons. The molecule has 16 heavy (non-hydrogen) atoms. The molecule has 1 fully saturated rings. The monoisotopic (exact) mass is 220 g/mol. The highest BCUT2D eigenvalue weighted by Gasteiger charge is 2.34. The first-order chi connectivity index (χ1) is 7.60. The second-order valence-electron chi connectivity index (χ2n) is 3.64. The van der Waals surface area contributed by atoms with Gasteiger partial charge in [-0.05, 0) is 12.8 Å². The summed E-state index contributed by atoms with van der Waals surface area (Å²) in [5.41, 5.74) is 0. The Balaban J connectivity index is 2.64. The lowest BCUT2D eigenvalue weighted by Gasteiger charge is -2.21. The molecule has 1 saturated heterocycles. The molecular formula is C11H12N2O3. The molecule has 0 saturated carbocycles. The van der Waals surface area contributed by atoms with Crippen molar-refractivity contribution >= 4 is 11.9 Å². The zero-order chi connectivity index (χ0) is 12.1. The van der Waals surface area contributed by atoms with Gasteiger partial charge < -0.3 is 10.0 Å². The van der Waals surface area contributed by atoms with Crippen molar-refractivity contribution in [1.82, 2.24) is 4.90 Å². The maximum Gasteiger partial charge on any atom is 0.326 e. The van der Waals surface area contributed by atoms with E-state index in [2.05, 4.69) is 5.92 Å². The van der Waals surface area contributed by atoms with Gasteiger partial charge in [0.1, 0.15) is 12.0 Å². The number of nitrogens with zero attached hydrogens (tertiary/aromatic N) is 2. The number of terminal acetylenes is 1. The molecule has 1 rings (SSSR count). The smallest absolute Gasteiger partial charge is 0.326 e. The number of likely N-dealkylation sites (tertiary alicyclic amines) is 1. The van der Waals surface area contributed by atoms with Crippen LogP contribution in [-0.2, 0) is 9.59 Å². The van der Waals surface area contributed by atoms with Crippen LogP contribution in [0.1, 0.15) is 19.3 Å². The van der Waals surface area contributed by atoms with E-state index in [1.165, 1.54) is 4.90 Å². The van der Waals surface area contributed by atoms with Crippen LogP contribution in [0.4, 0.5) is 0 Å². The second kappa shape index (κ2) is 5.18. The third-order valence-electron chi connectivity index (χ3n) is 2.59. The van der Waals surface area contributed by atoms with Crippen molar-refractivity contribution < 1.29 is 14.7 Å². The van der Waals surface area contributed by atoms with Crippen molar-refractivity contribution in [2.75, 3.05) is 6.54 Å². The zero-order valence-electron chi connectivity index (χ0n) is 8.72. The van der Waals surface area contributed by atoms with Crippen LogP contribution in [0.3, 0.4) is 0 Å². The predicted octanol–water partition coefficient (Wildman–Crippen LogP) is 0.225. The van der Waals surface area contributed by atoms with Crippen molar-refractivity contribution in [3.63, 3.8) is 0 Å². The summed E-state index contributed by atoms with van der Waals surface area (Å²) >= 11 is 0. The lowest BCUT2D eigenvalue weighted by Crippen LogP contribution is -2.40. The fourth-order valence-electron chi connectivity index (χ4n) is 1.76. The van der Waals surface area contributed by atoms with E-state index in [1.54, 1.807) is 0 Å². The average Bonchev–Trinajstić information content (AvgIpc) is 2.74. The first-order valence-electron chi connectivity index (χ1n) is 4.98. The fraction of sp³-hybridized carbons (Fsp3) is 0.545. The van der Waals surface area contributed by atoms with Gasteiger partial charge >= 0.3 is 5.97 Å². The van der Waals surface area contributed by atoms with Gasteiger partial charge in [0, 0.05) is 6.54 Å². The summed E-state index contributed by atoms with van der Waals surface area (Å²) in [6.45, 7) is 0.429. The van der Waals surface area contributed by atoms with Gasteiger partial charge in [0.15, 0.2) is 0 Å². The van der Waals surface area contributed by atoms with Crippen LogP contribution in [0.25, 0.3) is 0 Å². The minimum atomic E-state index is -1.000. The van der Waals surface area contributed by atoms with Crippen LogP contribution in [0.15, 0.2) is 0 Å². The van der Waals surface area contributed by atoms with E-state index in [0.717, 1.165) is 0 Å². The highest BCUT2D eigenvalue weighted by Crippen LogP contribution is 2.19. The van der Waals surface area contributed by atoms with E-state index in [-0.39, 0.29) is 12.3 Å². The maximum atomic E-state index is 11.7. The van der Waals surface area contributed by atoms with E-state index in [0.29, 0.717) is 19.4 Å².